The van der Waals surface area contributed by atoms with Crippen LogP contribution >= 0.6 is 0 Å². The maximum atomic E-state index is 12.2. The Labute approximate surface area is 187 Å². The van der Waals surface area contributed by atoms with Crippen LogP contribution in [0.4, 0.5) is 22.2 Å². The van der Waals surface area contributed by atoms with Crippen molar-refractivity contribution >= 4 is 23.5 Å². The number of aliphatic hydroxyl groups excluding tert-OH is 1. The molecule has 2 aromatic rings. The minimum absolute atomic E-state index is 0.221. The highest BCUT2D eigenvalue weighted by Crippen LogP contribution is 2.21. The summed E-state index contributed by atoms with van der Waals surface area (Å²) in [5, 5.41) is 15.2. The van der Waals surface area contributed by atoms with Gasteiger partial charge in [0.15, 0.2) is 0 Å². The van der Waals surface area contributed by atoms with Crippen LogP contribution in [0.2, 0.25) is 0 Å². The van der Waals surface area contributed by atoms with Crippen molar-refractivity contribution in [2.24, 2.45) is 5.92 Å². The Kier molecular flexibility index (Phi) is 7.78. The lowest BCUT2D eigenvalue weighted by Gasteiger charge is -2.33. The Morgan fingerprint density at radius 2 is 1.91 bits per heavy atom. The number of ether oxygens (including phenoxy) is 1. The number of amides is 1. The Hall–Kier alpha value is -3.45. The number of rotatable bonds is 5. The Balaban J connectivity index is 1.47. The van der Waals surface area contributed by atoms with Crippen molar-refractivity contribution in [3.8, 4) is 11.8 Å². The van der Waals surface area contributed by atoms with Gasteiger partial charge in [0.2, 0.25) is 0 Å². The quantitative estimate of drug-likeness (QED) is 0.602. The molecule has 0 atom stereocenters. The van der Waals surface area contributed by atoms with Crippen LogP contribution in [0.15, 0.2) is 24.8 Å². The van der Waals surface area contributed by atoms with Gasteiger partial charge >= 0.3 is 6.09 Å². The van der Waals surface area contributed by atoms with Crippen LogP contribution in [0.5, 0.6) is 0 Å². The van der Waals surface area contributed by atoms with Gasteiger partial charge in [-0.15, -0.1) is 0 Å². The summed E-state index contributed by atoms with van der Waals surface area (Å²) in [6, 6.07) is 1.80. The lowest BCUT2D eigenvalue weighted by atomic mass is 9.97. The van der Waals surface area contributed by atoms with Gasteiger partial charge in [0, 0.05) is 25.7 Å². The average Bonchev–Trinajstić information content (AvgIpc) is 2.77. The number of hydrogen-bond donors (Lipinski definition) is 3. The van der Waals surface area contributed by atoms with E-state index >= 15 is 0 Å². The summed E-state index contributed by atoms with van der Waals surface area (Å²) in [6.07, 6.45) is 6.12. The molecule has 1 aliphatic rings. The molecule has 1 saturated heterocycles. The summed E-state index contributed by atoms with van der Waals surface area (Å²) in [6.45, 7) is 7.55. The number of carbonyl (C=O) groups excluding carboxylic acids is 1. The first-order valence-electron chi connectivity index (χ1n) is 10.5. The standard InChI is InChI=1S/C22H29N7O3/c1-22(2,3)32-21(31)29-8-6-16(7-9-29)12-24-18-11-19(27-15-26-18)28-20-14-23-17(13-25-20)5-4-10-30/h11,13-16,30H,6-10,12H2,1-3H3,(H2,24,25,26,27,28). The van der Waals surface area contributed by atoms with Gasteiger partial charge in [-0.25, -0.2) is 24.7 Å². The van der Waals surface area contributed by atoms with Gasteiger partial charge < -0.3 is 25.4 Å². The third kappa shape index (κ3) is 7.35. The number of nitrogens with one attached hydrogen (secondary N) is 2. The number of piperidine rings is 1. The molecule has 10 nitrogen and oxygen atoms in total. The predicted molar refractivity (Wildman–Crippen MR) is 120 cm³/mol. The lowest BCUT2D eigenvalue weighted by molar-refractivity contribution is 0.0188. The van der Waals surface area contributed by atoms with Crippen molar-refractivity contribution in [1.29, 1.82) is 0 Å². The molecule has 0 aliphatic carbocycles. The van der Waals surface area contributed by atoms with Crippen molar-refractivity contribution < 1.29 is 14.6 Å². The predicted octanol–water partition coefficient (Wildman–Crippen LogP) is 2.41. The zero-order chi connectivity index (χ0) is 23.0. The van der Waals surface area contributed by atoms with E-state index in [2.05, 4.69) is 42.4 Å². The lowest BCUT2D eigenvalue weighted by Crippen LogP contribution is -2.42. The van der Waals surface area contributed by atoms with Crippen LogP contribution in [0.3, 0.4) is 0 Å². The molecule has 1 aliphatic heterocycles. The number of carbonyl (C=O) groups is 1. The maximum absolute atomic E-state index is 12.2. The van der Waals surface area contributed by atoms with Crippen molar-refractivity contribution in [2.45, 2.75) is 39.2 Å². The largest absolute Gasteiger partial charge is 0.444 e. The first kappa shape index (κ1) is 23.2. The second kappa shape index (κ2) is 10.7. The van der Waals surface area contributed by atoms with E-state index in [1.165, 1.54) is 12.5 Å². The van der Waals surface area contributed by atoms with E-state index in [1.807, 2.05) is 20.8 Å². The second-order valence-corrected chi connectivity index (χ2v) is 8.45. The molecule has 0 saturated carbocycles. The van der Waals surface area contributed by atoms with Gasteiger partial charge in [0.1, 0.15) is 41.7 Å². The van der Waals surface area contributed by atoms with Crippen LogP contribution < -0.4 is 10.6 Å². The third-order valence-electron chi connectivity index (χ3n) is 4.71. The number of anilines is 3. The monoisotopic (exact) mass is 439 g/mol. The summed E-state index contributed by atoms with van der Waals surface area (Å²) in [5.41, 5.74) is 0.00272. The fraction of sp³-hybridized carbons (Fsp3) is 0.500. The van der Waals surface area contributed by atoms with Gasteiger partial charge in [-0.1, -0.05) is 5.92 Å². The molecule has 0 aromatic carbocycles. The van der Waals surface area contributed by atoms with Crippen LogP contribution in [0.25, 0.3) is 0 Å². The van der Waals surface area contributed by atoms with Gasteiger partial charge in [-0.3, -0.25) is 0 Å². The van der Waals surface area contributed by atoms with Crippen molar-refractivity contribution in [3.63, 3.8) is 0 Å². The van der Waals surface area contributed by atoms with Gasteiger partial charge in [-0.05, 0) is 45.5 Å². The fourth-order valence-electron chi connectivity index (χ4n) is 3.14. The minimum atomic E-state index is -0.476. The van der Waals surface area contributed by atoms with Crippen LogP contribution in [-0.4, -0.2) is 67.9 Å². The van der Waals surface area contributed by atoms with Crippen LogP contribution in [0, 0.1) is 17.8 Å². The highest BCUT2D eigenvalue weighted by molar-refractivity contribution is 5.68. The molecule has 1 amide bonds. The molecule has 0 radical (unpaired) electrons. The fourth-order valence-corrected chi connectivity index (χ4v) is 3.14. The molecule has 170 valence electrons. The van der Waals surface area contributed by atoms with E-state index in [0.717, 1.165) is 19.4 Å². The molecule has 10 heteroatoms. The molecule has 3 N–H and O–H groups in total. The number of likely N-dealkylation sites (tertiary alicyclic amines) is 1. The highest BCUT2D eigenvalue weighted by Gasteiger charge is 2.26. The molecule has 3 heterocycles. The van der Waals surface area contributed by atoms with E-state index in [-0.39, 0.29) is 12.7 Å². The zero-order valence-corrected chi connectivity index (χ0v) is 18.6. The summed E-state index contributed by atoms with van der Waals surface area (Å²) in [7, 11) is 0. The average molecular weight is 440 g/mol. The summed E-state index contributed by atoms with van der Waals surface area (Å²) >= 11 is 0. The second-order valence-electron chi connectivity index (χ2n) is 8.45. The number of aliphatic hydroxyl groups is 1. The Morgan fingerprint density at radius 1 is 1.16 bits per heavy atom. The molecule has 3 rings (SSSR count). The van der Waals surface area contributed by atoms with Gasteiger partial charge in [-0.2, -0.15) is 0 Å². The first-order chi connectivity index (χ1) is 15.3. The SMILES string of the molecule is CC(C)(C)OC(=O)N1CCC(CNc2cc(Nc3cnc(C#CCO)cn3)ncn2)CC1. The van der Waals surface area contributed by atoms with E-state index in [0.29, 0.717) is 42.2 Å². The van der Waals surface area contributed by atoms with Gasteiger partial charge in [0.25, 0.3) is 0 Å². The van der Waals surface area contributed by atoms with Crippen molar-refractivity contribution in [3.05, 3.63) is 30.5 Å². The molecule has 0 bridgehead atoms. The van der Waals surface area contributed by atoms with E-state index in [9.17, 15) is 4.79 Å². The van der Waals surface area contributed by atoms with E-state index < -0.39 is 5.60 Å². The molecular weight excluding hydrogens is 410 g/mol. The topological polar surface area (TPSA) is 125 Å². The molecular formula is C22H29N7O3. The van der Waals surface area contributed by atoms with Gasteiger partial charge in [0.05, 0.1) is 12.4 Å². The highest BCUT2D eigenvalue weighted by atomic mass is 16.6. The van der Waals surface area contributed by atoms with Crippen LogP contribution in [-0.2, 0) is 4.74 Å². The van der Waals surface area contributed by atoms with E-state index in [4.69, 9.17) is 9.84 Å². The van der Waals surface area contributed by atoms with Crippen LogP contribution in [0.1, 0.15) is 39.3 Å². The molecule has 2 aromatic heterocycles. The normalized spacial score (nSPS) is 14.3. The first-order valence-corrected chi connectivity index (χ1v) is 10.5. The summed E-state index contributed by atoms with van der Waals surface area (Å²) in [4.78, 5) is 30.9. The number of nitrogens with zero attached hydrogens (tertiary/aromatic N) is 5. The Morgan fingerprint density at radius 3 is 2.56 bits per heavy atom. The summed E-state index contributed by atoms with van der Waals surface area (Å²) in [5.74, 6) is 7.48. The molecule has 0 unspecified atom stereocenters. The maximum Gasteiger partial charge on any atom is 0.410 e. The zero-order valence-electron chi connectivity index (χ0n) is 18.6. The van der Waals surface area contributed by atoms with Crippen molar-refractivity contribution in [2.75, 3.05) is 36.9 Å². The van der Waals surface area contributed by atoms with E-state index in [1.54, 1.807) is 17.2 Å². The summed E-state index contributed by atoms with van der Waals surface area (Å²) < 4.78 is 5.45. The number of aromatic nitrogens is 4. The Bertz CT molecular complexity index is 956. The minimum Gasteiger partial charge on any atom is -0.444 e. The van der Waals surface area contributed by atoms with Crippen molar-refractivity contribution in [1.82, 2.24) is 24.8 Å². The molecule has 32 heavy (non-hydrogen) atoms. The molecule has 1 fully saturated rings. The molecule has 0 spiro atoms. The number of hydrogen-bond acceptors (Lipinski definition) is 9. The smallest absolute Gasteiger partial charge is 0.410 e. The third-order valence-corrected chi connectivity index (χ3v) is 4.71.